The number of methoxy groups -OCH3 is 1. The Kier molecular flexibility index (Phi) is 8.33. The summed E-state index contributed by atoms with van der Waals surface area (Å²) in [5.74, 6) is 0.0699. The van der Waals surface area contributed by atoms with Gasteiger partial charge in [0.25, 0.3) is 5.91 Å². The van der Waals surface area contributed by atoms with Crippen LogP contribution in [-0.2, 0) is 25.6 Å². The summed E-state index contributed by atoms with van der Waals surface area (Å²) < 4.78 is 4.79. The minimum absolute atomic E-state index is 0.0589. The number of aliphatic hydroxyl groups is 1. The average molecular weight is 584 g/mol. The van der Waals surface area contributed by atoms with E-state index in [-0.39, 0.29) is 23.4 Å². The summed E-state index contributed by atoms with van der Waals surface area (Å²) in [5.41, 5.74) is 2.25. The Hall–Kier alpha value is -3.47. The summed E-state index contributed by atoms with van der Waals surface area (Å²) in [6.45, 7) is 4.29. The number of allylic oxidation sites excluding steroid dienone is 2. The van der Waals surface area contributed by atoms with Crippen LogP contribution in [0.5, 0.6) is 5.75 Å². The highest BCUT2D eigenvalue weighted by Crippen LogP contribution is 2.65. The SMILES string of the molecule is COC(=O)[C@@H](Cc1ccc(O)c([N+](=O)[O-])c1)NC(=O)CO/N=C1\C=C2CC[C@H]3[C@@H]4CC[C@H](O)[C@@]4(C)CC[C@@H]3[C@@]2(C)CC1. The molecule has 0 heterocycles. The van der Waals surface area contributed by atoms with Gasteiger partial charge >= 0.3 is 11.7 Å². The van der Waals surface area contributed by atoms with E-state index in [1.54, 1.807) is 0 Å². The van der Waals surface area contributed by atoms with E-state index in [1.807, 2.05) is 0 Å². The highest BCUT2D eigenvalue weighted by molar-refractivity contribution is 5.96. The van der Waals surface area contributed by atoms with Gasteiger partial charge < -0.3 is 25.1 Å². The van der Waals surface area contributed by atoms with Gasteiger partial charge in [-0.15, -0.1) is 0 Å². The molecule has 0 aromatic heterocycles. The fraction of sp³-hybridized carbons (Fsp3) is 0.645. The molecule has 4 aliphatic rings. The molecule has 1 aromatic rings. The van der Waals surface area contributed by atoms with Gasteiger partial charge in [0.2, 0.25) is 0 Å². The molecular formula is C31H41N3O8. The third-order valence-electron chi connectivity index (χ3n) is 10.8. The van der Waals surface area contributed by atoms with E-state index in [4.69, 9.17) is 9.57 Å². The third-order valence-corrected chi connectivity index (χ3v) is 10.8. The number of nitro benzene ring substituents is 1. The van der Waals surface area contributed by atoms with Crippen molar-refractivity contribution in [1.82, 2.24) is 5.32 Å². The maximum Gasteiger partial charge on any atom is 0.328 e. The van der Waals surface area contributed by atoms with E-state index < -0.39 is 40.9 Å². The predicted octanol–water partition coefficient (Wildman–Crippen LogP) is 4.20. The number of nitro groups is 1. The van der Waals surface area contributed by atoms with Crippen LogP contribution in [0, 0.1) is 38.7 Å². The summed E-state index contributed by atoms with van der Waals surface area (Å²) in [5, 5.41) is 38.3. The van der Waals surface area contributed by atoms with Crippen molar-refractivity contribution < 1.29 is 34.3 Å². The summed E-state index contributed by atoms with van der Waals surface area (Å²) in [7, 11) is 1.18. The molecule has 1 aromatic carbocycles. The highest BCUT2D eigenvalue weighted by atomic mass is 16.6. The highest BCUT2D eigenvalue weighted by Gasteiger charge is 2.58. The lowest BCUT2D eigenvalue weighted by Gasteiger charge is -2.57. The number of carbonyl (C=O) groups excluding carboxylic acids is 2. The molecule has 0 bridgehead atoms. The molecule has 3 fully saturated rings. The monoisotopic (exact) mass is 583 g/mol. The number of hydrogen-bond acceptors (Lipinski definition) is 9. The Morgan fingerprint density at radius 1 is 1.17 bits per heavy atom. The van der Waals surface area contributed by atoms with Crippen LogP contribution >= 0.6 is 0 Å². The smallest absolute Gasteiger partial charge is 0.328 e. The molecule has 42 heavy (non-hydrogen) atoms. The second kappa shape index (κ2) is 11.7. The van der Waals surface area contributed by atoms with Crippen molar-refractivity contribution in [3.05, 3.63) is 45.5 Å². The molecule has 11 heteroatoms. The lowest BCUT2D eigenvalue weighted by Crippen LogP contribution is -2.51. The second-order valence-corrected chi connectivity index (χ2v) is 12.9. The number of carbonyl (C=O) groups is 2. The van der Waals surface area contributed by atoms with Crippen molar-refractivity contribution >= 4 is 23.3 Å². The van der Waals surface area contributed by atoms with Crippen LogP contribution in [0.2, 0.25) is 0 Å². The van der Waals surface area contributed by atoms with Gasteiger partial charge in [-0.25, -0.2) is 4.79 Å². The predicted molar refractivity (Wildman–Crippen MR) is 154 cm³/mol. The van der Waals surface area contributed by atoms with Crippen LogP contribution in [-0.4, -0.2) is 58.6 Å². The van der Waals surface area contributed by atoms with Crippen molar-refractivity contribution in [1.29, 1.82) is 0 Å². The lowest BCUT2D eigenvalue weighted by atomic mass is 9.47. The van der Waals surface area contributed by atoms with Crippen molar-refractivity contribution in [3.8, 4) is 5.75 Å². The van der Waals surface area contributed by atoms with Crippen LogP contribution in [0.3, 0.4) is 0 Å². The molecule has 4 aliphatic carbocycles. The van der Waals surface area contributed by atoms with Gasteiger partial charge in [-0.05, 0) is 97.7 Å². The number of rotatable bonds is 8. The number of benzene rings is 1. The van der Waals surface area contributed by atoms with Gasteiger partial charge in [-0.3, -0.25) is 14.9 Å². The summed E-state index contributed by atoms with van der Waals surface area (Å²) in [6, 6.07) is 2.66. The number of ether oxygens (including phenoxy) is 1. The van der Waals surface area contributed by atoms with E-state index >= 15 is 0 Å². The third kappa shape index (κ3) is 5.50. The first-order valence-corrected chi connectivity index (χ1v) is 14.9. The van der Waals surface area contributed by atoms with Gasteiger partial charge in [0.05, 0.1) is 23.8 Å². The molecule has 1 amide bonds. The Labute approximate surface area is 245 Å². The lowest BCUT2D eigenvalue weighted by molar-refractivity contribution is -0.385. The first kappa shape index (κ1) is 30.0. The molecule has 5 rings (SSSR count). The number of phenols is 1. The van der Waals surface area contributed by atoms with Crippen LogP contribution in [0.25, 0.3) is 0 Å². The molecule has 0 aliphatic heterocycles. The van der Waals surface area contributed by atoms with Crippen LogP contribution in [0.15, 0.2) is 35.0 Å². The molecule has 7 atom stereocenters. The molecule has 0 unspecified atom stereocenters. The fourth-order valence-corrected chi connectivity index (χ4v) is 8.44. The zero-order valence-corrected chi connectivity index (χ0v) is 24.5. The maximum atomic E-state index is 12.6. The Bertz CT molecular complexity index is 1310. The molecule has 3 saturated carbocycles. The number of phenolic OH excluding ortho intramolecular Hbond substituents is 1. The van der Waals surface area contributed by atoms with Crippen LogP contribution in [0.1, 0.15) is 70.8 Å². The molecule has 0 radical (unpaired) electrons. The summed E-state index contributed by atoms with van der Waals surface area (Å²) in [6.07, 6.45) is 10.0. The number of nitrogens with zero attached hydrogens (tertiary/aromatic N) is 2. The van der Waals surface area contributed by atoms with E-state index in [1.165, 1.54) is 24.8 Å². The summed E-state index contributed by atoms with van der Waals surface area (Å²) in [4.78, 5) is 40.7. The molecule has 228 valence electrons. The fourth-order valence-electron chi connectivity index (χ4n) is 8.44. The number of nitrogens with one attached hydrogen (secondary N) is 1. The number of hydrogen-bond donors (Lipinski definition) is 3. The van der Waals surface area contributed by atoms with Gasteiger partial charge in [0.1, 0.15) is 6.04 Å². The first-order chi connectivity index (χ1) is 20.0. The van der Waals surface area contributed by atoms with Crippen molar-refractivity contribution in [2.24, 2.45) is 33.7 Å². The summed E-state index contributed by atoms with van der Waals surface area (Å²) >= 11 is 0. The number of amides is 1. The van der Waals surface area contributed by atoms with Crippen LogP contribution < -0.4 is 5.32 Å². The van der Waals surface area contributed by atoms with Crippen molar-refractivity contribution in [3.63, 3.8) is 0 Å². The van der Waals surface area contributed by atoms with Crippen molar-refractivity contribution in [2.45, 2.75) is 83.8 Å². The van der Waals surface area contributed by atoms with E-state index in [2.05, 4.69) is 30.4 Å². The average Bonchev–Trinajstić information content (AvgIpc) is 3.27. The Morgan fingerprint density at radius 2 is 1.95 bits per heavy atom. The zero-order chi connectivity index (χ0) is 30.2. The molecule has 3 N–H and O–H groups in total. The molecule has 0 spiro atoms. The number of oxime groups is 1. The number of aliphatic hydroxyl groups excluding tert-OH is 1. The minimum atomic E-state index is -1.10. The van der Waals surface area contributed by atoms with E-state index in [0.717, 1.165) is 63.1 Å². The zero-order valence-electron chi connectivity index (χ0n) is 24.5. The molecule has 0 saturated heterocycles. The van der Waals surface area contributed by atoms with E-state index in [0.29, 0.717) is 23.3 Å². The van der Waals surface area contributed by atoms with Crippen molar-refractivity contribution in [2.75, 3.05) is 13.7 Å². The Morgan fingerprint density at radius 3 is 2.69 bits per heavy atom. The standard InChI is InChI=1S/C31H41N3O8/c1-30-12-10-20(16-19(30)5-6-21-22-7-9-27(36)31(22,2)13-11-23(21)30)33-42-17-28(37)32-24(29(38)41-3)14-18-4-8-26(35)25(15-18)34(39)40/h4,8,15-16,21-24,27,35-36H,5-7,9-14,17H2,1-3H3,(H,32,37)/b33-20-/t21-,22-,23-,24+,27-,30-,31-/m0/s1. The number of aromatic hydroxyl groups is 1. The first-order valence-electron chi connectivity index (χ1n) is 14.9. The maximum absolute atomic E-state index is 12.6. The normalized spacial score (nSPS) is 33.4. The molecular weight excluding hydrogens is 542 g/mol. The van der Waals surface area contributed by atoms with Gasteiger partial charge in [-0.1, -0.05) is 30.6 Å². The van der Waals surface area contributed by atoms with Gasteiger partial charge in [0, 0.05) is 12.5 Å². The van der Waals surface area contributed by atoms with Crippen LogP contribution in [0.4, 0.5) is 5.69 Å². The molecule has 11 nitrogen and oxygen atoms in total. The van der Waals surface area contributed by atoms with Gasteiger partial charge in [0.15, 0.2) is 12.4 Å². The largest absolute Gasteiger partial charge is 0.502 e. The minimum Gasteiger partial charge on any atom is -0.502 e. The van der Waals surface area contributed by atoms with Gasteiger partial charge in [-0.2, -0.15) is 0 Å². The number of fused-ring (bicyclic) bond motifs is 5. The Balaban J connectivity index is 1.19. The number of esters is 1. The topological polar surface area (TPSA) is 161 Å². The second-order valence-electron chi connectivity index (χ2n) is 12.9. The quantitative estimate of drug-likeness (QED) is 0.233. The van der Waals surface area contributed by atoms with E-state index in [9.17, 15) is 29.9 Å².